The number of likely N-dealkylation sites (N-methyl/N-ethyl adjacent to an activating group) is 1. The fourth-order valence-corrected chi connectivity index (χ4v) is 2.49. The number of hydrogen-bond donors (Lipinski definition) is 1. The van der Waals surface area contributed by atoms with E-state index in [-0.39, 0.29) is 0 Å². The summed E-state index contributed by atoms with van der Waals surface area (Å²) in [7, 11) is 3.71. The van der Waals surface area contributed by atoms with Crippen LogP contribution >= 0.6 is 11.6 Å². The predicted octanol–water partition coefficient (Wildman–Crippen LogP) is 2.72. The normalized spacial score (nSPS) is 14.6. The van der Waals surface area contributed by atoms with Crippen LogP contribution in [0.1, 0.15) is 38.1 Å². The first-order valence-corrected chi connectivity index (χ1v) is 7.31. The maximum atomic E-state index is 6.31. The highest BCUT2D eigenvalue weighted by Crippen LogP contribution is 2.22. The van der Waals surface area contributed by atoms with Gasteiger partial charge in [0.05, 0.1) is 22.5 Å². The summed E-state index contributed by atoms with van der Waals surface area (Å²) in [4.78, 5) is 0. The Morgan fingerprint density at radius 2 is 2.11 bits per heavy atom. The van der Waals surface area contributed by atoms with E-state index in [0.29, 0.717) is 12.1 Å². The number of methoxy groups -OCH3 is 1. The van der Waals surface area contributed by atoms with Gasteiger partial charge in [-0.2, -0.15) is 5.10 Å². The average molecular weight is 288 g/mol. The molecule has 4 nitrogen and oxygen atoms in total. The van der Waals surface area contributed by atoms with Crippen LogP contribution in [0, 0.1) is 6.92 Å². The van der Waals surface area contributed by atoms with E-state index in [9.17, 15) is 0 Å². The molecular formula is C14H26ClN3O. The Bertz CT molecular complexity index is 392. The molecule has 0 fully saturated rings. The first-order chi connectivity index (χ1) is 8.99. The number of rotatable bonds is 8. The lowest BCUT2D eigenvalue weighted by atomic mass is 10.0. The van der Waals surface area contributed by atoms with Gasteiger partial charge in [-0.05, 0) is 33.2 Å². The molecule has 2 unspecified atom stereocenters. The summed E-state index contributed by atoms with van der Waals surface area (Å²) in [6.07, 6.45) is 3.32. The third kappa shape index (κ3) is 4.79. The van der Waals surface area contributed by atoms with Gasteiger partial charge in [0.15, 0.2) is 0 Å². The van der Waals surface area contributed by atoms with Crippen LogP contribution in [0.4, 0.5) is 0 Å². The van der Waals surface area contributed by atoms with Crippen molar-refractivity contribution in [3.8, 4) is 0 Å². The van der Waals surface area contributed by atoms with E-state index in [1.165, 1.54) is 0 Å². The molecule has 0 aromatic carbocycles. The second kappa shape index (κ2) is 7.88. The number of hydrogen-bond acceptors (Lipinski definition) is 3. The molecule has 0 bridgehead atoms. The van der Waals surface area contributed by atoms with Crippen LogP contribution in [0.25, 0.3) is 0 Å². The van der Waals surface area contributed by atoms with Crippen LogP contribution in [-0.2, 0) is 18.2 Å². The van der Waals surface area contributed by atoms with Crippen molar-refractivity contribution >= 4 is 11.6 Å². The van der Waals surface area contributed by atoms with Crippen LogP contribution < -0.4 is 5.32 Å². The number of nitrogens with zero attached hydrogens (tertiary/aromatic N) is 2. The number of aromatic nitrogens is 2. The molecular weight excluding hydrogens is 262 g/mol. The minimum absolute atomic E-state index is 0.296. The zero-order valence-electron chi connectivity index (χ0n) is 12.7. The molecule has 0 aliphatic heterocycles. The molecule has 0 saturated carbocycles. The van der Waals surface area contributed by atoms with E-state index in [0.717, 1.165) is 42.2 Å². The fourth-order valence-electron chi connectivity index (χ4n) is 2.25. The SMILES string of the molecule is CCNC(CCC(C)OC)Cc1c(Cl)c(C)nn1C. The lowest BCUT2D eigenvalue weighted by Gasteiger charge is -2.20. The summed E-state index contributed by atoms with van der Waals surface area (Å²) in [5.74, 6) is 0. The standard InChI is InChI=1S/C14H26ClN3O/c1-6-16-12(8-7-10(2)19-5)9-13-14(15)11(3)17-18(13)4/h10,12,16H,6-9H2,1-5H3. The Morgan fingerprint density at radius 1 is 1.42 bits per heavy atom. The van der Waals surface area contributed by atoms with E-state index in [1.54, 1.807) is 7.11 Å². The smallest absolute Gasteiger partial charge is 0.0847 e. The molecule has 5 heteroatoms. The average Bonchev–Trinajstić information content (AvgIpc) is 2.62. The maximum absolute atomic E-state index is 6.31. The summed E-state index contributed by atoms with van der Waals surface area (Å²) in [6, 6.07) is 0.412. The number of ether oxygens (including phenoxy) is 1. The van der Waals surface area contributed by atoms with Gasteiger partial charge in [0.2, 0.25) is 0 Å². The van der Waals surface area contributed by atoms with Crippen LogP contribution in [0.2, 0.25) is 5.02 Å². The van der Waals surface area contributed by atoms with E-state index in [2.05, 4.69) is 24.3 Å². The second-order valence-corrected chi connectivity index (χ2v) is 5.43. The van der Waals surface area contributed by atoms with Gasteiger partial charge in [-0.25, -0.2) is 0 Å². The highest BCUT2D eigenvalue weighted by Gasteiger charge is 2.17. The lowest BCUT2D eigenvalue weighted by molar-refractivity contribution is 0.106. The van der Waals surface area contributed by atoms with Crippen molar-refractivity contribution in [1.82, 2.24) is 15.1 Å². The Kier molecular flexibility index (Phi) is 6.83. The van der Waals surface area contributed by atoms with Crippen molar-refractivity contribution in [3.63, 3.8) is 0 Å². The first kappa shape index (κ1) is 16.5. The quantitative estimate of drug-likeness (QED) is 0.799. The molecule has 1 rings (SSSR count). The lowest BCUT2D eigenvalue weighted by Crippen LogP contribution is -2.32. The van der Waals surface area contributed by atoms with Crippen molar-refractivity contribution in [3.05, 3.63) is 16.4 Å². The van der Waals surface area contributed by atoms with Gasteiger partial charge < -0.3 is 10.1 Å². The molecule has 110 valence electrons. The molecule has 1 aromatic heterocycles. The molecule has 0 saturated heterocycles. The first-order valence-electron chi connectivity index (χ1n) is 6.93. The van der Waals surface area contributed by atoms with Crippen LogP contribution in [0.5, 0.6) is 0 Å². The van der Waals surface area contributed by atoms with Gasteiger partial charge in [0.1, 0.15) is 0 Å². The fraction of sp³-hybridized carbons (Fsp3) is 0.786. The topological polar surface area (TPSA) is 39.1 Å². The van der Waals surface area contributed by atoms with Gasteiger partial charge in [0, 0.05) is 26.6 Å². The summed E-state index contributed by atoms with van der Waals surface area (Å²) >= 11 is 6.31. The van der Waals surface area contributed by atoms with Crippen molar-refractivity contribution in [2.75, 3.05) is 13.7 Å². The summed E-state index contributed by atoms with van der Waals surface area (Å²) in [5, 5.41) is 8.68. The second-order valence-electron chi connectivity index (χ2n) is 5.05. The van der Waals surface area contributed by atoms with Crippen LogP contribution in [0.3, 0.4) is 0 Å². The minimum Gasteiger partial charge on any atom is -0.382 e. The Balaban J connectivity index is 2.67. The number of halogens is 1. The Labute approximate surface area is 121 Å². The molecule has 0 aliphatic rings. The van der Waals surface area contributed by atoms with E-state index < -0.39 is 0 Å². The van der Waals surface area contributed by atoms with E-state index in [1.807, 2.05) is 18.7 Å². The number of aryl methyl sites for hydroxylation is 2. The third-order valence-electron chi connectivity index (χ3n) is 3.52. The van der Waals surface area contributed by atoms with Crippen molar-refractivity contribution in [2.24, 2.45) is 7.05 Å². The van der Waals surface area contributed by atoms with Crippen molar-refractivity contribution in [1.29, 1.82) is 0 Å². The highest BCUT2D eigenvalue weighted by atomic mass is 35.5. The summed E-state index contributed by atoms with van der Waals surface area (Å²) in [6.45, 7) is 7.13. The summed E-state index contributed by atoms with van der Waals surface area (Å²) in [5.41, 5.74) is 2.01. The van der Waals surface area contributed by atoms with Gasteiger partial charge in [-0.1, -0.05) is 18.5 Å². The summed E-state index contributed by atoms with van der Waals surface area (Å²) < 4.78 is 7.20. The third-order valence-corrected chi connectivity index (χ3v) is 4.01. The zero-order valence-corrected chi connectivity index (χ0v) is 13.4. The van der Waals surface area contributed by atoms with Gasteiger partial charge >= 0.3 is 0 Å². The molecule has 0 aliphatic carbocycles. The molecule has 1 aromatic rings. The largest absolute Gasteiger partial charge is 0.382 e. The van der Waals surface area contributed by atoms with Crippen molar-refractivity contribution in [2.45, 2.75) is 52.2 Å². The van der Waals surface area contributed by atoms with Crippen LogP contribution in [0.15, 0.2) is 0 Å². The Morgan fingerprint density at radius 3 is 2.58 bits per heavy atom. The molecule has 2 atom stereocenters. The Hall–Kier alpha value is -0.580. The van der Waals surface area contributed by atoms with Gasteiger partial charge in [-0.15, -0.1) is 0 Å². The minimum atomic E-state index is 0.296. The molecule has 0 spiro atoms. The molecule has 1 heterocycles. The zero-order chi connectivity index (χ0) is 14.4. The van der Waals surface area contributed by atoms with E-state index >= 15 is 0 Å². The number of nitrogens with one attached hydrogen (secondary N) is 1. The molecule has 1 N–H and O–H groups in total. The molecule has 0 radical (unpaired) electrons. The monoisotopic (exact) mass is 287 g/mol. The molecule has 0 amide bonds. The van der Waals surface area contributed by atoms with Crippen molar-refractivity contribution < 1.29 is 4.74 Å². The predicted molar refractivity (Wildman–Crippen MR) is 79.8 cm³/mol. The van der Waals surface area contributed by atoms with Gasteiger partial charge in [-0.3, -0.25) is 4.68 Å². The van der Waals surface area contributed by atoms with E-state index in [4.69, 9.17) is 16.3 Å². The maximum Gasteiger partial charge on any atom is 0.0847 e. The highest BCUT2D eigenvalue weighted by molar-refractivity contribution is 6.31. The van der Waals surface area contributed by atoms with Gasteiger partial charge in [0.25, 0.3) is 0 Å². The molecule has 19 heavy (non-hydrogen) atoms. The van der Waals surface area contributed by atoms with Crippen LogP contribution in [-0.4, -0.2) is 35.6 Å².